The highest BCUT2D eigenvalue weighted by molar-refractivity contribution is 5.46. The fraction of sp³-hybridized carbons (Fsp3) is 0.538. The summed E-state index contributed by atoms with van der Waals surface area (Å²) in [5, 5.41) is 0. The molecule has 17 heavy (non-hydrogen) atoms. The summed E-state index contributed by atoms with van der Waals surface area (Å²) in [6.45, 7) is 4.86. The van der Waals surface area contributed by atoms with E-state index >= 15 is 0 Å². The zero-order chi connectivity index (χ0) is 12.3. The van der Waals surface area contributed by atoms with Crippen LogP contribution in [0.1, 0.15) is 13.3 Å². The van der Waals surface area contributed by atoms with Gasteiger partial charge < -0.3 is 15.4 Å². The molecular weight excluding hydrogens is 219 g/mol. The Morgan fingerprint density at radius 2 is 2.35 bits per heavy atom. The Kier molecular flexibility index (Phi) is 3.64. The van der Waals surface area contributed by atoms with Gasteiger partial charge in [-0.1, -0.05) is 6.07 Å². The molecule has 1 aliphatic rings. The molecule has 0 radical (unpaired) electrons. The lowest BCUT2D eigenvalue weighted by Crippen LogP contribution is -2.51. The predicted octanol–water partition coefficient (Wildman–Crippen LogP) is 1.77. The van der Waals surface area contributed by atoms with Crippen LogP contribution in [0, 0.1) is 5.82 Å². The summed E-state index contributed by atoms with van der Waals surface area (Å²) >= 11 is 0. The van der Waals surface area contributed by atoms with Gasteiger partial charge in [-0.3, -0.25) is 0 Å². The molecule has 1 heterocycles. The lowest BCUT2D eigenvalue weighted by Gasteiger charge is -2.32. The standard InChI is InChI=1S/C13H19FN2O/c1-2-16(9-13(15)6-7-17-10-13)12-5-3-4-11(14)8-12/h3-5,8H,2,6-7,9-10,15H2,1H3. The van der Waals surface area contributed by atoms with E-state index in [1.54, 1.807) is 12.1 Å². The maximum Gasteiger partial charge on any atom is 0.125 e. The Balaban J connectivity index is 2.11. The van der Waals surface area contributed by atoms with Crippen LogP contribution >= 0.6 is 0 Å². The van der Waals surface area contributed by atoms with Crippen molar-refractivity contribution in [2.45, 2.75) is 18.9 Å². The zero-order valence-electron chi connectivity index (χ0n) is 10.2. The Hall–Kier alpha value is -1.13. The minimum absolute atomic E-state index is 0.213. The van der Waals surface area contributed by atoms with Crippen LogP contribution in [0.15, 0.2) is 24.3 Å². The molecule has 1 unspecified atom stereocenters. The SMILES string of the molecule is CCN(CC1(N)CCOC1)c1cccc(F)c1. The van der Waals surface area contributed by atoms with Gasteiger partial charge >= 0.3 is 0 Å². The minimum Gasteiger partial charge on any atom is -0.379 e. The molecule has 3 nitrogen and oxygen atoms in total. The summed E-state index contributed by atoms with van der Waals surface area (Å²) in [6, 6.07) is 6.63. The smallest absolute Gasteiger partial charge is 0.125 e. The van der Waals surface area contributed by atoms with E-state index in [0.29, 0.717) is 13.2 Å². The van der Waals surface area contributed by atoms with Gasteiger partial charge in [0.05, 0.1) is 12.1 Å². The number of nitrogens with zero attached hydrogens (tertiary/aromatic N) is 1. The van der Waals surface area contributed by atoms with Crippen LogP contribution in [0.5, 0.6) is 0 Å². The van der Waals surface area contributed by atoms with Crippen molar-refractivity contribution in [2.24, 2.45) is 5.73 Å². The zero-order valence-corrected chi connectivity index (χ0v) is 10.2. The van der Waals surface area contributed by atoms with Crippen molar-refractivity contribution < 1.29 is 9.13 Å². The van der Waals surface area contributed by atoms with Gasteiger partial charge in [0.2, 0.25) is 0 Å². The largest absolute Gasteiger partial charge is 0.379 e. The Morgan fingerprint density at radius 1 is 1.53 bits per heavy atom. The molecule has 2 rings (SSSR count). The monoisotopic (exact) mass is 238 g/mol. The normalized spacial score (nSPS) is 23.9. The number of likely N-dealkylation sites (N-methyl/N-ethyl adjacent to an activating group) is 1. The van der Waals surface area contributed by atoms with Gasteiger partial charge in [0.25, 0.3) is 0 Å². The van der Waals surface area contributed by atoms with Crippen LogP contribution in [-0.2, 0) is 4.74 Å². The van der Waals surface area contributed by atoms with Crippen LogP contribution in [-0.4, -0.2) is 31.8 Å². The molecule has 0 aromatic heterocycles. The van der Waals surface area contributed by atoms with Crippen LogP contribution in [0.4, 0.5) is 10.1 Å². The van der Waals surface area contributed by atoms with Gasteiger partial charge in [-0.05, 0) is 31.5 Å². The molecule has 0 aliphatic carbocycles. The summed E-state index contributed by atoms with van der Waals surface area (Å²) in [4.78, 5) is 2.09. The van der Waals surface area contributed by atoms with Crippen molar-refractivity contribution in [1.29, 1.82) is 0 Å². The van der Waals surface area contributed by atoms with E-state index in [-0.39, 0.29) is 11.4 Å². The molecule has 1 aromatic rings. The first-order valence-electron chi connectivity index (χ1n) is 6.00. The minimum atomic E-state index is -0.303. The molecule has 0 saturated carbocycles. The first-order valence-corrected chi connectivity index (χ1v) is 6.00. The predicted molar refractivity (Wildman–Crippen MR) is 66.6 cm³/mol. The van der Waals surface area contributed by atoms with Gasteiger partial charge in [0, 0.05) is 25.4 Å². The van der Waals surface area contributed by atoms with E-state index in [1.165, 1.54) is 6.07 Å². The maximum absolute atomic E-state index is 13.2. The van der Waals surface area contributed by atoms with Gasteiger partial charge in [0.1, 0.15) is 5.82 Å². The van der Waals surface area contributed by atoms with Crippen molar-refractivity contribution in [3.05, 3.63) is 30.1 Å². The van der Waals surface area contributed by atoms with Crippen LogP contribution in [0.2, 0.25) is 0 Å². The Morgan fingerprint density at radius 3 is 2.94 bits per heavy atom. The van der Waals surface area contributed by atoms with Crippen molar-refractivity contribution in [2.75, 3.05) is 31.2 Å². The second kappa shape index (κ2) is 5.02. The molecule has 94 valence electrons. The quantitative estimate of drug-likeness (QED) is 0.868. The third-order valence-corrected chi connectivity index (χ3v) is 3.19. The fourth-order valence-electron chi connectivity index (χ4n) is 2.19. The van der Waals surface area contributed by atoms with E-state index in [0.717, 1.165) is 25.3 Å². The molecule has 0 amide bonds. The van der Waals surface area contributed by atoms with Crippen LogP contribution < -0.4 is 10.6 Å². The van der Waals surface area contributed by atoms with Crippen molar-refractivity contribution in [1.82, 2.24) is 0 Å². The third kappa shape index (κ3) is 2.96. The van der Waals surface area contributed by atoms with Crippen LogP contribution in [0.3, 0.4) is 0 Å². The highest BCUT2D eigenvalue weighted by Crippen LogP contribution is 2.22. The van der Waals surface area contributed by atoms with E-state index < -0.39 is 0 Å². The number of hydrogen-bond donors (Lipinski definition) is 1. The molecule has 0 bridgehead atoms. The number of ether oxygens (including phenoxy) is 1. The van der Waals surface area contributed by atoms with Crippen molar-refractivity contribution >= 4 is 5.69 Å². The van der Waals surface area contributed by atoms with E-state index in [1.807, 2.05) is 13.0 Å². The Labute approximate surface area is 101 Å². The number of rotatable bonds is 4. The number of anilines is 1. The average Bonchev–Trinajstić information content (AvgIpc) is 2.73. The second-order valence-electron chi connectivity index (χ2n) is 4.66. The molecule has 2 N–H and O–H groups in total. The molecule has 4 heteroatoms. The number of hydrogen-bond acceptors (Lipinski definition) is 3. The van der Waals surface area contributed by atoms with E-state index in [4.69, 9.17) is 10.5 Å². The van der Waals surface area contributed by atoms with Crippen LogP contribution in [0.25, 0.3) is 0 Å². The van der Waals surface area contributed by atoms with Crippen molar-refractivity contribution in [3.8, 4) is 0 Å². The number of benzene rings is 1. The summed E-state index contributed by atoms with van der Waals surface area (Å²) in [5.41, 5.74) is 6.83. The first kappa shape index (κ1) is 12.3. The fourth-order valence-corrected chi connectivity index (χ4v) is 2.19. The molecule has 1 saturated heterocycles. The summed E-state index contributed by atoms with van der Waals surface area (Å²) in [5.74, 6) is -0.213. The highest BCUT2D eigenvalue weighted by atomic mass is 19.1. The average molecular weight is 238 g/mol. The van der Waals surface area contributed by atoms with E-state index in [9.17, 15) is 4.39 Å². The summed E-state index contributed by atoms with van der Waals surface area (Å²) in [7, 11) is 0. The third-order valence-electron chi connectivity index (χ3n) is 3.19. The van der Waals surface area contributed by atoms with Gasteiger partial charge in [-0.15, -0.1) is 0 Å². The van der Waals surface area contributed by atoms with Gasteiger partial charge in [-0.2, -0.15) is 0 Å². The molecule has 1 aromatic carbocycles. The number of nitrogens with two attached hydrogens (primary N) is 1. The van der Waals surface area contributed by atoms with Crippen molar-refractivity contribution in [3.63, 3.8) is 0 Å². The highest BCUT2D eigenvalue weighted by Gasteiger charge is 2.32. The first-order chi connectivity index (χ1) is 8.13. The Bertz CT molecular complexity index is 377. The van der Waals surface area contributed by atoms with E-state index in [2.05, 4.69) is 4.90 Å². The topological polar surface area (TPSA) is 38.5 Å². The number of halogens is 1. The lowest BCUT2D eigenvalue weighted by atomic mass is 9.99. The summed E-state index contributed by atoms with van der Waals surface area (Å²) < 4.78 is 18.5. The van der Waals surface area contributed by atoms with Gasteiger partial charge in [-0.25, -0.2) is 4.39 Å². The second-order valence-corrected chi connectivity index (χ2v) is 4.66. The molecule has 1 atom stereocenters. The molecular formula is C13H19FN2O. The molecule has 1 fully saturated rings. The lowest BCUT2D eigenvalue weighted by molar-refractivity contribution is 0.179. The maximum atomic E-state index is 13.2. The molecule has 0 spiro atoms. The van der Waals surface area contributed by atoms with Gasteiger partial charge in [0.15, 0.2) is 0 Å². The molecule has 1 aliphatic heterocycles. The summed E-state index contributed by atoms with van der Waals surface area (Å²) in [6.07, 6.45) is 0.860.